The minimum atomic E-state index is -3.05. The molecular weight excluding hydrogens is 362 g/mol. The first-order chi connectivity index (χ1) is 13.0. The lowest BCUT2D eigenvalue weighted by Crippen LogP contribution is -2.17. The highest BCUT2D eigenvalue weighted by Gasteiger charge is 2.15. The number of amides is 2. The lowest BCUT2D eigenvalue weighted by molar-refractivity contribution is -0.0501. The van der Waals surface area contributed by atoms with Crippen molar-refractivity contribution in [1.29, 1.82) is 0 Å². The van der Waals surface area contributed by atoms with Crippen LogP contribution >= 0.6 is 0 Å². The zero-order valence-electron chi connectivity index (χ0n) is 14.4. The summed E-state index contributed by atoms with van der Waals surface area (Å²) >= 11 is 0. The molecule has 7 nitrogen and oxygen atoms in total. The van der Waals surface area contributed by atoms with Crippen LogP contribution in [-0.2, 0) is 9.47 Å². The lowest BCUT2D eigenvalue weighted by atomic mass is 10.2. The molecule has 27 heavy (non-hydrogen) atoms. The van der Waals surface area contributed by atoms with Crippen LogP contribution in [0, 0.1) is 0 Å². The third kappa shape index (κ3) is 6.55. The maximum absolute atomic E-state index is 12.5. The van der Waals surface area contributed by atoms with E-state index in [1.165, 1.54) is 37.4 Å². The number of para-hydroxylation sites is 1. The minimum absolute atomic E-state index is 0.0462. The Morgan fingerprint density at radius 2 is 1.70 bits per heavy atom. The van der Waals surface area contributed by atoms with Crippen molar-refractivity contribution in [1.82, 2.24) is 0 Å². The Bertz CT molecular complexity index is 786. The highest BCUT2D eigenvalue weighted by atomic mass is 19.3. The smallest absolute Gasteiger partial charge is 0.411 e. The highest BCUT2D eigenvalue weighted by Crippen LogP contribution is 2.22. The summed E-state index contributed by atoms with van der Waals surface area (Å²) in [6.45, 7) is -2.68. The molecular formula is C18H18F2N2O5. The molecule has 0 radical (unpaired) electrons. The molecule has 2 rings (SSSR count). The zero-order chi connectivity index (χ0) is 19.6. The fourth-order valence-electron chi connectivity index (χ4n) is 2.10. The van der Waals surface area contributed by atoms with Crippen molar-refractivity contribution >= 4 is 23.4 Å². The topological polar surface area (TPSA) is 85.9 Å². The second kappa shape index (κ2) is 10.1. The first-order valence-electron chi connectivity index (χ1n) is 7.87. The van der Waals surface area contributed by atoms with Gasteiger partial charge in [-0.25, -0.2) is 4.79 Å². The number of carbonyl (C=O) groups is 2. The number of rotatable bonds is 8. The van der Waals surface area contributed by atoms with Crippen LogP contribution in [0.3, 0.4) is 0 Å². The van der Waals surface area contributed by atoms with Gasteiger partial charge < -0.3 is 19.5 Å². The van der Waals surface area contributed by atoms with Crippen molar-refractivity contribution in [2.24, 2.45) is 0 Å². The van der Waals surface area contributed by atoms with Gasteiger partial charge in [-0.3, -0.25) is 10.1 Å². The van der Waals surface area contributed by atoms with Crippen molar-refractivity contribution < 1.29 is 32.6 Å². The van der Waals surface area contributed by atoms with Gasteiger partial charge in [0.05, 0.1) is 12.2 Å². The van der Waals surface area contributed by atoms with Crippen molar-refractivity contribution in [2.45, 2.75) is 6.61 Å². The maximum Gasteiger partial charge on any atom is 0.411 e. The summed E-state index contributed by atoms with van der Waals surface area (Å²) in [4.78, 5) is 24.0. The first kappa shape index (κ1) is 20.1. The predicted molar refractivity (Wildman–Crippen MR) is 94.3 cm³/mol. The first-order valence-corrected chi connectivity index (χ1v) is 7.87. The summed E-state index contributed by atoms with van der Waals surface area (Å²) in [6.07, 6.45) is -0.675. The number of benzene rings is 2. The third-order valence-electron chi connectivity index (χ3n) is 3.24. The number of carbonyl (C=O) groups excluding carboxylic acids is 2. The normalized spacial score (nSPS) is 10.4. The number of anilines is 2. The summed E-state index contributed by atoms with van der Waals surface area (Å²) in [5.74, 6) is -0.868. The summed E-state index contributed by atoms with van der Waals surface area (Å²) in [5, 5.41) is 5.06. The molecule has 0 aliphatic carbocycles. The van der Waals surface area contributed by atoms with Gasteiger partial charge in [0.2, 0.25) is 0 Å². The molecule has 0 bridgehead atoms. The van der Waals surface area contributed by atoms with Crippen LogP contribution in [0.15, 0.2) is 48.5 Å². The number of hydrogen-bond donors (Lipinski definition) is 2. The molecule has 0 unspecified atom stereocenters. The van der Waals surface area contributed by atoms with Gasteiger partial charge in [0, 0.05) is 18.5 Å². The van der Waals surface area contributed by atoms with Gasteiger partial charge in [-0.05, 0) is 30.3 Å². The molecule has 0 saturated heterocycles. The van der Waals surface area contributed by atoms with E-state index in [4.69, 9.17) is 9.47 Å². The fraction of sp³-hybridized carbons (Fsp3) is 0.222. The quantitative estimate of drug-likeness (QED) is 0.682. The van der Waals surface area contributed by atoms with Crippen molar-refractivity contribution in [3.8, 4) is 5.75 Å². The van der Waals surface area contributed by atoms with Crippen molar-refractivity contribution in [2.75, 3.05) is 31.0 Å². The van der Waals surface area contributed by atoms with E-state index in [9.17, 15) is 18.4 Å². The molecule has 144 valence electrons. The summed E-state index contributed by atoms with van der Waals surface area (Å²) in [6, 6.07) is 11.9. The Balaban J connectivity index is 2.04. The Morgan fingerprint density at radius 3 is 2.41 bits per heavy atom. The standard InChI is InChI=1S/C18H18F2N2O5/c1-25-9-10-26-18(24)22-13-6-4-5-12(11-13)21-16(23)14-7-2-3-8-15(14)27-17(19)20/h2-8,11,17H,9-10H2,1H3,(H,21,23)(H,22,24). The monoisotopic (exact) mass is 380 g/mol. The number of ether oxygens (including phenoxy) is 3. The van der Waals surface area contributed by atoms with Gasteiger partial charge in [0.1, 0.15) is 12.4 Å². The van der Waals surface area contributed by atoms with Gasteiger partial charge in [0.25, 0.3) is 5.91 Å². The average molecular weight is 380 g/mol. The van der Waals surface area contributed by atoms with Gasteiger partial charge in [-0.1, -0.05) is 18.2 Å². The Labute approximate surface area is 154 Å². The lowest BCUT2D eigenvalue weighted by Gasteiger charge is -2.12. The van der Waals surface area contributed by atoms with Crippen LogP contribution in [0.4, 0.5) is 25.0 Å². The second-order valence-corrected chi connectivity index (χ2v) is 5.16. The summed E-state index contributed by atoms with van der Waals surface area (Å²) in [7, 11) is 1.48. The summed E-state index contributed by atoms with van der Waals surface area (Å²) < 4.78 is 38.9. The molecule has 9 heteroatoms. The van der Waals surface area contributed by atoms with Crippen molar-refractivity contribution in [3.05, 3.63) is 54.1 Å². The predicted octanol–water partition coefficient (Wildman–Crippen LogP) is 3.74. The van der Waals surface area contributed by atoms with Crippen LogP contribution < -0.4 is 15.4 Å². The van der Waals surface area contributed by atoms with E-state index in [0.29, 0.717) is 11.4 Å². The number of nitrogens with one attached hydrogen (secondary N) is 2. The average Bonchev–Trinajstić information content (AvgIpc) is 2.62. The van der Waals surface area contributed by atoms with Gasteiger partial charge >= 0.3 is 12.7 Å². The Kier molecular flexibility index (Phi) is 7.50. The SMILES string of the molecule is COCCOC(=O)Nc1cccc(NC(=O)c2ccccc2OC(F)F)c1. The molecule has 0 spiro atoms. The molecule has 2 aromatic carbocycles. The molecule has 2 aromatic rings. The van der Waals surface area contributed by atoms with Crippen LogP contribution in [0.1, 0.15) is 10.4 Å². The number of halogens is 2. The minimum Gasteiger partial charge on any atom is -0.447 e. The zero-order valence-corrected chi connectivity index (χ0v) is 14.4. The van der Waals surface area contributed by atoms with Crippen LogP contribution in [0.5, 0.6) is 5.75 Å². The maximum atomic E-state index is 12.5. The van der Waals surface area contributed by atoms with Crippen LogP contribution in [0.2, 0.25) is 0 Å². The molecule has 0 fully saturated rings. The number of alkyl halides is 2. The number of hydrogen-bond acceptors (Lipinski definition) is 5. The molecule has 2 amide bonds. The van der Waals surface area contributed by atoms with E-state index in [0.717, 1.165) is 0 Å². The van der Waals surface area contributed by atoms with E-state index >= 15 is 0 Å². The van der Waals surface area contributed by atoms with E-state index in [2.05, 4.69) is 15.4 Å². The van der Waals surface area contributed by atoms with E-state index in [1.54, 1.807) is 18.2 Å². The van der Waals surface area contributed by atoms with Crippen LogP contribution in [-0.4, -0.2) is 38.9 Å². The van der Waals surface area contributed by atoms with E-state index in [1.807, 2.05) is 0 Å². The van der Waals surface area contributed by atoms with Crippen LogP contribution in [0.25, 0.3) is 0 Å². The van der Waals surface area contributed by atoms with E-state index < -0.39 is 18.6 Å². The third-order valence-corrected chi connectivity index (χ3v) is 3.24. The molecule has 0 aliphatic heterocycles. The molecule has 0 heterocycles. The van der Waals surface area contributed by atoms with Crippen molar-refractivity contribution in [3.63, 3.8) is 0 Å². The fourth-order valence-corrected chi connectivity index (χ4v) is 2.10. The second-order valence-electron chi connectivity index (χ2n) is 5.16. The van der Waals surface area contributed by atoms with E-state index in [-0.39, 0.29) is 24.5 Å². The molecule has 0 aromatic heterocycles. The Hall–Kier alpha value is -3.20. The van der Waals surface area contributed by atoms with Gasteiger partial charge in [-0.2, -0.15) is 8.78 Å². The molecule has 0 atom stereocenters. The molecule has 0 aliphatic rings. The highest BCUT2D eigenvalue weighted by molar-refractivity contribution is 6.06. The largest absolute Gasteiger partial charge is 0.447 e. The number of methoxy groups -OCH3 is 1. The Morgan fingerprint density at radius 1 is 1.00 bits per heavy atom. The molecule has 0 saturated carbocycles. The molecule has 2 N–H and O–H groups in total. The van der Waals surface area contributed by atoms with Gasteiger partial charge in [-0.15, -0.1) is 0 Å². The summed E-state index contributed by atoms with van der Waals surface area (Å²) in [5.41, 5.74) is 0.684. The van der Waals surface area contributed by atoms with Gasteiger partial charge in [0.15, 0.2) is 0 Å².